The number of carbonyl (C=O) groups is 1. The molecule has 0 bridgehead atoms. The third kappa shape index (κ3) is 2.54. The van der Waals surface area contributed by atoms with Crippen molar-refractivity contribution in [1.82, 2.24) is 0 Å². The molecule has 0 aliphatic carbocycles. The monoisotopic (exact) mass is 387 g/mol. The summed E-state index contributed by atoms with van der Waals surface area (Å²) in [6, 6.07) is 14.3. The first-order valence-electron chi connectivity index (χ1n) is 7.58. The number of rotatable bonds is 5. The van der Waals surface area contributed by atoms with E-state index in [1.807, 2.05) is 36.4 Å². The van der Waals surface area contributed by atoms with Gasteiger partial charge in [-0.05, 0) is 35.9 Å². The van der Waals surface area contributed by atoms with Crippen LogP contribution in [0.15, 0.2) is 65.7 Å². The van der Waals surface area contributed by atoms with Gasteiger partial charge in [0.25, 0.3) is 5.91 Å². The Labute approximate surface area is 149 Å². The summed E-state index contributed by atoms with van der Waals surface area (Å²) < 4.78 is 6.01. The van der Waals surface area contributed by atoms with Gasteiger partial charge in [-0.1, -0.05) is 40.2 Å². The van der Waals surface area contributed by atoms with Crippen LogP contribution in [-0.4, -0.2) is 23.7 Å². The molecule has 124 valence electrons. The van der Waals surface area contributed by atoms with Crippen molar-refractivity contribution in [3.63, 3.8) is 0 Å². The first-order valence-corrected chi connectivity index (χ1v) is 8.37. The highest BCUT2D eigenvalue weighted by molar-refractivity contribution is 9.10. The minimum atomic E-state index is -1.48. The van der Waals surface area contributed by atoms with Gasteiger partial charge in [-0.25, -0.2) is 0 Å². The average Bonchev–Trinajstić information content (AvgIpc) is 2.60. The molecule has 0 aromatic heterocycles. The highest BCUT2D eigenvalue weighted by Crippen LogP contribution is 2.49. The number of carbonyl (C=O) groups excluding carboxylic acids is 1. The lowest BCUT2D eigenvalue weighted by molar-refractivity contribution is -0.153. The van der Waals surface area contributed by atoms with E-state index in [1.54, 1.807) is 30.2 Å². The van der Waals surface area contributed by atoms with Crippen molar-refractivity contribution in [2.75, 3.05) is 12.0 Å². The van der Waals surface area contributed by atoms with Gasteiger partial charge in [0.05, 0.1) is 7.11 Å². The zero-order valence-electron chi connectivity index (χ0n) is 13.3. The highest BCUT2D eigenvalue weighted by Gasteiger charge is 2.60. The molecule has 1 N–H and O–H groups in total. The molecule has 1 fully saturated rings. The molecule has 0 unspecified atom stereocenters. The molecule has 2 aromatic carbocycles. The van der Waals surface area contributed by atoms with Gasteiger partial charge in [-0.15, -0.1) is 6.58 Å². The van der Waals surface area contributed by atoms with Gasteiger partial charge < -0.3 is 9.84 Å². The van der Waals surface area contributed by atoms with Crippen LogP contribution in [0.1, 0.15) is 18.0 Å². The fourth-order valence-corrected chi connectivity index (χ4v) is 3.61. The molecule has 2 aromatic rings. The summed E-state index contributed by atoms with van der Waals surface area (Å²) in [6.07, 6.45) is 1.78. The molecule has 0 spiro atoms. The summed E-state index contributed by atoms with van der Waals surface area (Å²) in [5, 5.41) is 10.9. The third-order valence-corrected chi connectivity index (χ3v) is 5.03. The lowest BCUT2D eigenvalue weighted by atomic mass is 9.75. The predicted molar refractivity (Wildman–Crippen MR) is 97.1 cm³/mol. The van der Waals surface area contributed by atoms with Crippen LogP contribution < -0.4 is 9.64 Å². The highest BCUT2D eigenvalue weighted by atomic mass is 79.9. The van der Waals surface area contributed by atoms with E-state index in [-0.39, 0.29) is 12.3 Å². The number of methoxy groups -OCH3 is 1. The maximum atomic E-state index is 12.7. The van der Waals surface area contributed by atoms with Crippen molar-refractivity contribution in [3.8, 4) is 5.75 Å². The number of anilines is 1. The number of halogens is 1. The lowest BCUT2D eigenvalue weighted by Gasteiger charge is -2.53. The number of β-lactam (4-membered cyclic amide) rings is 1. The molecule has 24 heavy (non-hydrogen) atoms. The van der Waals surface area contributed by atoms with E-state index in [2.05, 4.69) is 22.5 Å². The number of hydrogen-bond donors (Lipinski definition) is 1. The normalized spacial score (nSPS) is 22.9. The number of benzene rings is 2. The van der Waals surface area contributed by atoms with E-state index in [1.165, 1.54) is 0 Å². The maximum Gasteiger partial charge on any atom is 0.262 e. The Hall–Kier alpha value is -2.11. The zero-order chi connectivity index (χ0) is 17.3. The van der Waals surface area contributed by atoms with Crippen LogP contribution in [-0.2, 0) is 4.79 Å². The molecular weight excluding hydrogens is 370 g/mol. The second kappa shape index (κ2) is 6.42. The molecule has 1 aliphatic rings. The zero-order valence-corrected chi connectivity index (χ0v) is 14.9. The van der Waals surface area contributed by atoms with Crippen molar-refractivity contribution >= 4 is 27.5 Å². The SMILES string of the molecule is C=CC[C@]1(O)C(=O)N(c2ccc(OC)cc2)[C@H]1c1ccccc1Br. The van der Waals surface area contributed by atoms with Crippen LogP contribution in [0.5, 0.6) is 5.75 Å². The van der Waals surface area contributed by atoms with Gasteiger partial charge >= 0.3 is 0 Å². The Bertz CT molecular complexity index is 774. The Balaban J connectivity index is 2.05. The summed E-state index contributed by atoms with van der Waals surface area (Å²) in [4.78, 5) is 14.3. The lowest BCUT2D eigenvalue weighted by Crippen LogP contribution is -2.68. The smallest absolute Gasteiger partial charge is 0.262 e. The maximum absolute atomic E-state index is 12.7. The van der Waals surface area contributed by atoms with Crippen LogP contribution >= 0.6 is 15.9 Å². The standard InChI is InChI=1S/C19H18BrNO3/c1-3-12-19(23)17(15-6-4-5-7-16(15)20)21(18(19)22)13-8-10-14(24-2)11-9-13/h3-11,17,23H,1,12H2,2H3/t17-,19+/m0/s1. The fourth-order valence-electron chi connectivity index (χ4n) is 3.11. The van der Waals surface area contributed by atoms with Gasteiger partial charge in [0.15, 0.2) is 5.60 Å². The topological polar surface area (TPSA) is 49.8 Å². The Morgan fingerprint density at radius 1 is 1.29 bits per heavy atom. The van der Waals surface area contributed by atoms with E-state index in [0.29, 0.717) is 5.75 Å². The van der Waals surface area contributed by atoms with Crippen LogP contribution in [0, 0.1) is 0 Å². The third-order valence-electron chi connectivity index (χ3n) is 4.31. The van der Waals surface area contributed by atoms with Crippen molar-refractivity contribution < 1.29 is 14.6 Å². The second-order valence-electron chi connectivity index (χ2n) is 5.71. The van der Waals surface area contributed by atoms with Crippen LogP contribution in [0.2, 0.25) is 0 Å². The Morgan fingerprint density at radius 2 is 1.96 bits per heavy atom. The fraction of sp³-hybridized carbons (Fsp3) is 0.211. The first kappa shape index (κ1) is 16.7. The molecule has 5 heteroatoms. The second-order valence-corrected chi connectivity index (χ2v) is 6.57. The summed E-state index contributed by atoms with van der Waals surface area (Å²) >= 11 is 3.52. The van der Waals surface area contributed by atoms with Crippen molar-refractivity contribution in [2.45, 2.75) is 18.1 Å². The summed E-state index contributed by atoms with van der Waals surface area (Å²) in [5.74, 6) is 0.388. The molecule has 2 atom stereocenters. The summed E-state index contributed by atoms with van der Waals surface area (Å²) in [6.45, 7) is 3.67. The minimum absolute atomic E-state index is 0.199. The quantitative estimate of drug-likeness (QED) is 0.625. The Kier molecular flexibility index (Phi) is 4.47. The number of hydrogen-bond acceptors (Lipinski definition) is 3. The minimum Gasteiger partial charge on any atom is -0.497 e. The van der Waals surface area contributed by atoms with Crippen LogP contribution in [0.25, 0.3) is 0 Å². The van der Waals surface area contributed by atoms with Crippen LogP contribution in [0.3, 0.4) is 0 Å². The van der Waals surface area contributed by atoms with E-state index in [4.69, 9.17) is 4.74 Å². The number of aliphatic hydroxyl groups is 1. The molecule has 0 radical (unpaired) electrons. The van der Waals surface area contributed by atoms with Crippen molar-refractivity contribution in [2.24, 2.45) is 0 Å². The summed E-state index contributed by atoms with van der Waals surface area (Å²) in [7, 11) is 1.59. The predicted octanol–water partition coefficient (Wildman–Crippen LogP) is 3.85. The van der Waals surface area contributed by atoms with Gasteiger partial charge in [0.1, 0.15) is 11.8 Å². The molecule has 1 aliphatic heterocycles. The van der Waals surface area contributed by atoms with E-state index < -0.39 is 11.6 Å². The molecule has 1 heterocycles. The first-order chi connectivity index (χ1) is 11.5. The average molecular weight is 388 g/mol. The molecule has 3 rings (SSSR count). The van der Waals surface area contributed by atoms with Gasteiger partial charge in [-0.3, -0.25) is 9.69 Å². The molecule has 4 nitrogen and oxygen atoms in total. The van der Waals surface area contributed by atoms with E-state index in [9.17, 15) is 9.90 Å². The van der Waals surface area contributed by atoms with Crippen LogP contribution in [0.4, 0.5) is 5.69 Å². The van der Waals surface area contributed by atoms with Gasteiger partial charge in [0, 0.05) is 16.6 Å². The number of nitrogens with zero attached hydrogens (tertiary/aromatic N) is 1. The Morgan fingerprint density at radius 3 is 2.54 bits per heavy atom. The van der Waals surface area contributed by atoms with Crippen molar-refractivity contribution in [1.29, 1.82) is 0 Å². The molecule has 0 saturated carbocycles. The number of amides is 1. The van der Waals surface area contributed by atoms with Gasteiger partial charge in [-0.2, -0.15) is 0 Å². The van der Waals surface area contributed by atoms with E-state index >= 15 is 0 Å². The largest absolute Gasteiger partial charge is 0.497 e. The summed E-state index contributed by atoms with van der Waals surface area (Å²) in [5.41, 5.74) is 0.0958. The number of ether oxygens (including phenoxy) is 1. The van der Waals surface area contributed by atoms with Gasteiger partial charge in [0.2, 0.25) is 0 Å². The molecule has 1 saturated heterocycles. The van der Waals surface area contributed by atoms with Crippen molar-refractivity contribution in [3.05, 3.63) is 71.2 Å². The molecular formula is C19H18BrNO3. The molecule has 1 amide bonds. The van der Waals surface area contributed by atoms with E-state index in [0.717, 1.165) is 15.7 Å².